The first-order valence-electron chi connectivity index (χ1n) is 6.87. The van der Waals surface area contributed by atoms with Crippen LogP contribution in [-0.2, 0) is 11.3 Å². The smallest absolute Gasteiger partial charge is 0.203 e. The predicted molar refractivity (Wildman–Crippen MR) is 77.0 cm³/mol. The van der Waals surface area contributed by atoms with Crippen LogP contribution in [0.2, 0.25) is 0 Å². The summed E-state index contributed by atoms with van der Waals surface area (Å²) in [6.07, 6.45) is 4.71. The fraction of sp³-hybridized carbons (Fsp3) is 0.400. The van der Waals surface area contributed by atoms with Gasteiger partial charge in [0, 0.05) is 38.0 Å². The Morgan fingerprint density at radius 1 is 1.45 bits per heavy atom. The number of imidazole rings is 1. The number of rotatable bonds is 5. The molecule has 0 spiro atoms. The molecule has 3 rings (SSSR count). The Hall–Kier alpha value is -2.01. The second kappa shape index (κ2) is 5.96. The summed E-state index contributed by atoms with van der Waals surface area (Å²) in [5, 5.41) is 3.51. The van der Waals surface area contributed by atoms with Crippen LogP contribution in [0.5, 0.6) is 5.75 Å². The second-order valence-corrected chi connectivity index (χ2v) is 4.81. The Labute approximate surface area is 118 Å². The summed E-state index contributed by atoms with van der Waals surface area (Å²) < 4.78 is 12.9. The Kier molecular flexibility index (Phi) is 3.87. The first kappa shape index (κ1) is 13.0. The van der Waals surface area contributed by atoms with Crippen LogP contribution in [0.25, 0.3) is 0 Å². The molecular formula is C15H19N3O2. The normalized spacial score (nSPS) is 17.4. The molecule has 1 aliphatic rings. The van der Waals surface area contributed by atoms with Gasteiger partial charge in [-0.3, -0.25) is 0 Å². The van der Waals surface area contributed by atoms with Crippen LogP contribution < -0.4 is 10.1 Å². The SMILES string of the molecule is COCCn1ccnc1NC1CCOc2ccccc21. The fourth-order valence-corrected chi connectivity index (χ4v) is 2.47. The molecule has 1 aromatic heterocycles. The second-order valence-electron chi connectivity index (χ2n) is 4.81. The highest BCUT2D eigenvalue weighted by Gasteiger charge is 2.21. The first-order valence-corrected chi connectivity index (χ1v) is 6.87. The van der Waals surface area contributed by atoms with E-state index in [0.29, 0.717) is 6.61 Å². The number of hydrogen-bond acceptors (Lipinski definition) is 4. The molecule has 2 heterocycles. The minimum Gasteiger partial charge on any atom is -0.493 e. The molecule has 1 aliphatic heterocycles. The third-order valence-corrected chi connectivity index (χ3v) is 3.51. The summed E-state index contributed by atoms with van der Waals surface area (Å²) in [4.78, 5) is 4.39. The van der Waals surface area contributed by atoms with Crippen LogP contribution in [0.15, 0.2) is 36.7 Å². The lowest BCUT2D eigenvalue weighted by Crippen LogP contribution is -2.22. The Morgan fingerprint density at radius 3 is 3.25 bits per heavy atom. The standard InChI is InChI=1S/C15H19N3O2/c1-19-11-9-18-8-7-16-15(18)17-13-6-10-20-14-5-3-2-4-12(13)14/h2-5,7-8,13H,6,9-11H2,1H3,(H,16,17). The number of fused-ring (bicyclic) bond motifs is 1. The van der Waals surface area contributed by atoms with Gasteiger partial charge in [0.25, 0.3) is 0 Å². The maximum absolute atomic E-state index is 5.68. The van der Waals surface area contributed by atoms with E-state index in [1.165, 1.54) is 5.56 Å². The molecule has 0 saturated heterocycles. The van der Waals surface area contributed by atoms with Crippen molar-refractivity contribution in [2.75, 3.05) is 25.6 Å². The van der Waals surface area contributed by atoms with Gasteiger partial charge in [0.05, 0.1) is 19.3 Å². The topological polar surface area (TPSA) is 48.3 Å². The van der Waals surface area contributed by atoms with Crippen molar-refractivity contribution in [3.8, 4) is 5.75 Å². The van der Waals surface area contributed by atoms with Crippen LogP contribution in [0.1, 0.15) is 18.0 Å². The number of aromatic nitrogens is 2. The molecule has 1 N–H and O–H groups in total. The van der Waals surface area contributed by atoms with Gasteiger partial charge >= 0.3 is 0 Å². The molecule has 0 bridgehead atoms. The number of ether oxygens (including phenoxy) is 2. The lowest BCUT2D eigenvalue weighted by Gasteiger charge is -2.27. The van der Waals surface area contributed by atoms with Crippen molar-refractivity contribution in [2.45, 2.75) is 19.0 Å². The average Bonchev–Trinajstić information content (AvgIpc) is 2.93. The van der Waals surface area contributed by atoms with Gasteiger partial charge < -0.3 is 19.4 Å². The molecule has 1 aromatic carbocycles. The van der Waals surface area contributed by atoms with E-state index in [2.05, 4.69) is 20.9 Å². The van der Waals surface area contributed by atoms with Crippen molar-refractivity contribution < 1.29 is 9.47 Å². The zero-order chi connectivity index (χ0) is 13.8. The van der Waals surface area contributed by atoms with Crippen LogP contribution in [0.3, 0.4) is 0 Å². The molecule has 2 aromatic rings. The number of nitrogens with one attached hydrogen (secondary N) is 1. The van der Waals surface area contributed by atoms with Gasteiger partial charge in [0.2, 0.25) is 5.95 Å². The van der Waals surface area contributed by atoms with Crippen molar-refractivity contribution >= 4 is 5.95 Å². The van der Waals surface area contributed by atoms with E-state index >= 15 is 0 Å². The number of anilines is 1. The van der Waals surface area contributed by atoms with Crippen LogP contribution in [0.4, 0.5) is 5.95 Å². The summed E-state index contributed by atoms with van der Waals surface area (Å²) in [5.41, 5.74) is 1.19. The number of hydrogen-bond donors (Lipinski definition) is 1. The predicted octanol–water partition coefficient (Wildman–Crippen LogP) is 2.47. The molecule has 106 valence electrons. The molecule has 0 aliphatic carbocycles. The van der Waals surface area contributed by atoms with Crippen LogP contribution in [0, 0.1) is 0 Å². The van der Waals surface area contributed by atoms with E-state index in [9.17, 15) is 0 Å². The summed E-state index contributed by atoms with van der Waals surface area (Å²) in [5.74, 6) is 1.84. The summed E-state index contributed by atoms with van der Waals surface area (Å²) in [6.45, 7) is 2.20. The largest absolute Gasteiger partial charge is 0.493 e. The van der Waals surface area contributed by atoms with E-state index in [1.807, 2.05) is 30.6 Å². The minimum absolute atomic E-state index is 0.239. The van der Waals surface area contributed by atoms with Gasteiger partial charge in [0.1, 0.15) is 5.75 Å². The Balaban J connectivity index is 1.77. The quantitative estimate of drug-likeness (QED) is 0.909. The Bertz CT molecular complexity index is 568. The van der Waals surface area contributed by atoms with Gasteiger partial charge in [-0.15, -0.1) is 0 Å². The zero-order valence-corrected chi connectivity index (χ0v) is 11.6. The fourth-order valence-electron chi connectivity index (χ4n) is 2.47. The van der Waals surface area contributed by atoms with Crippen molar-refractivity contribution in [3.05, 3.63) is 42.2 Å². The van der Waals surface area contributed by atoms with E-state index in [-0.39, 0.29) is 6.04 Å². The summed E-state index contributed by atoms with van der Waals surface area (Å²) in [7, 11) is 1.71. The van der Waals surface area contributed by atoms with Gasteiger partial charge in [-0.2, -0.15) is 0 Å². The Morgan fingerprint density at radius 2 is 2.35 bits per heavy atom. The number of para-hydroxylation sites is 1. The lowest BCUT2D eigenvalue weighted by molar-refractivity contribution is 0.187. The molecule has 1 unspecified atom stereocenters. The van der Waals surface area contributed by atoms with E-state index in [4.69, 9.17) is 9.47 Å². The van der Waals surface area contributed by atoms with Crippen molar-refractivity contribution in [3.63, 3.8) is 0 Å². The van der Waals surface area contributed by atoms with Gasteiger partial charge in [-0.1, -0.05) is 18.2 Å². The van der Waals surface area contributed by atoms with Gasteiger partial charge in [0.15, 0.2) is 0 Å². The molecule has 1 atom stereocenters. The van der Waals surface area contributed by atoms with Crippen molar-refractivity contribution in [2.24, 2.45) is 0 Å². The van der Waals surface area contributed by atoms with E-state index in [1.54, 1.807) is 7.11 Å². The van der Waals surface area contributed by atoms with Crippen LogP contribution >= 0.6 is 0 Å². The molecular weight excluding hydrogens is 254 g/mol. The molecule has 5 heteroatoms. The minimum atomic E-state index is 0.239. The van der Waals surface area contributed by atoms with E-state index < -0.39 is 0 Å². The molecule has 0 amide bonds. The molecule has 0 radical (unpaired) electrons. The number of benzene rings is 1. The summed E-state index contributed by atoms with van der Waals surface area (Å²) in [6, 6.07) is 8.40. The van der Waals surface area contributed by atoms with Gasteiger partial charge in [-0.05, 0) is 6.07 Å². The third-order valence-electron chi connectivity index (χ3n) is 3.51. The van der Waals surface area contributed by atoms with Crippen molar-refractivity contribution in [1.82, 2.24) is 9.55 Å². The average molecular weight is 273 g/mol. The van der Waals surface area contributed by atoms with Crippen LogP contribution in [-0.4, -0.2) is 29.9 Å². The highest BCUT2D eigenvalue weighted by Crippen LogP contribution is 2.33. The number of methoxy groups -OCH3 is 1. The van der Waals surface area contributed by atoms with E-state index in [0.717, 1.165) is 31.3 Å². The highest BCUT2D eigenvalue weighted by molar-refractivity contribution is 5.42. The molecule has 0 saturated carbocycles. The maximum Gasteiger partial charge on any atom is 0.203 e. The summed E-state index contributed by atoms with van der Waals surface area (Å²) >= 11 is 0. The lowest BCUT2D eigenvalue weighted by atomic mass is 10.0. The zero-order valence-electron chi connectivity index (χ0n) is 11.6. The molecule has 5 nitrogen and oxygen atoms in total. The highest BCUT2D eigenvalue weighted by atomic mass is 16.5. The first-order chi connectivity index (χ1) is 9.88. The third kappa shape index (κ3) is 2.63. The van der Waals surface area contributed by atoms with Gasteiger partial charge in [-0.25, -0.2) is 4.98 Å². The molecule has 20 heavy (non-hydrogen) atoms. The maximum atomic E-state index is 5.68. The molecule has 0 fully saturated rings. The monoisotopic (exact) mass is 273 g/mol. The number of nitrogens with zero attached hydrogens (tertiary/aromatic N) is 2. The van der Waals surface area contributed by atoms with Crippen molar-refractivity contribution in [1.29, 1.82) is 0 Å².